The fourth-order valence-electron chi connectivity index (χ4n) is 2.78. The molecule has 0 spiro atoms. The number of carbonyl (C=O) groups is 1. The van der Waals surface area contributed by atoms with Gasteiger partial charge in [0.25, 0.3) is 5.56 Å². The number of Topliss-reactive ketones (excluding diaryl/α,β-unsaturated/α-hetero) is 1. The van der Waals surface area contributed by atoms with E-state index in [1.54, 1.807) is 22.8 Å². The number of nitrogens with zero attached hydrogens (tertiary/aromatic N) is 2. The van der Waals surface area contributed by atoms with Crippen molar-refractivity contribution < 1.29 is 9.53 Å². The molecule has 5 nitrogen and oxygen atoms in total. The van der Waals surface area contributed by atoms with E-state index < -0.39 is 5.41 Å². The molecule has 26 heavy (non-hydrogen) atoms. The number of hydrogen-bond donors (Lipinski definition) is 0. The van der Waals surface area contributed by atoms with Crippen LogP contribution in [0.15, 0.2) is 28.2 Å². The third kappa shape index (κ3) is 4.30. The minimum absolute atomic E-state index is 0.0110. The molecule has 1 aliphatic rings. The Morgan fingerprint density at radius 2 is 2.19 bits per heavy atom. The van der Waals surface area contributed by atoms with E-state index in [1.807, 2.05) is 20.8 Å². The molecule has 2 aromatic rings. The van der Waals surface area contributed by atoms with E-state index >= 15 is 0 Å². The van der Waals surface area contributed by atoms with Crippen molar-refractivity contribution in [2.75, 3.05) is 12.4 Å². The average Bonchev–Trinajstić information content (AvgIpc) is 3.07. The van der Waals surface area contributed by atoms with Crippen molar-refractivity contribution in [2.45, 2.75) is 51.4 Å². The van der Waals surface area contributed by atoms with Gasteiger partial charge in [0, 0.05) is 17.0 Å². The highest BCUT2D eigenvalue weighted by molar-refractivity contribution is 7.99. The zero-order valence-electron chi connectivity index (χ0n) is 15.3. The highest BCUT2D eigenvalue weighted by atomic mass is 35.5. The van der Waals surface area contributed by atoms with Gasteiger partial charge in [0.15, 0.2) is 5.16 Å². The van der Waals surface area contributed by atoms with E-state index in [2.05, 4.69) is 4.98 Å². The molecule has 2 heterocycles. The lowest BCUT2D eigenvalue weighted by atomic mass is 9.92. The lowest BCUT2D eigenvalue weighted by Crippen LogP contribution is -2.29. The normalized spacial score (nSPS) is 17.8. The highest BCUT2D eigenvalue weighted by Gasteiger charge is 2.24. The zero-order chi connectivity index (χ0) is 18.9. The summed E-state index contributed by atoms with van der Waals surface area (Å²) >= 11 is 7.36. The molecule has 1 fully saturated rings. The number of ketones is 1. The number of hydrogen-bond acceptors (Lipinski definition) is 5. The molecule has 7 heteroatoms. The van der Waals surface area contributed by atoms with Crippen LogP contribution in [0.3, 0.4) is 0 Å². The summed E-state index contributed by atoms with van der Waals surface area (Å²) < 4.78 is 7.34. The number of halogens is 1. The van der Waals surface area contributed by atoms with E-state index in [9.17, 15) is 9.59 Å². The lowest BCUT2D eigenvalue weighted by Gasteiger charge is -2.18. The summed E-state index contributed by atoms with van der Waals surface area (Å²) in [4.78, 5) is 30.0. The first-order valence-corrected chi connectivity index (χ1v) is 10.1. The lowest BCUT2D eigenvalue weighted by molar-refractivity contribution is -0.123. The molecular weight excluding hydrogens is 372 g/mol. The third-order valence-corrected chi connectivity index (χ3v) is 5.67. The SMILES string of the molecule is CC(C)(C)C(=O)CSc1nc2cc(Cl)ccc2c(=O)n1C[C@H]1CCCO1. The first-order chi connectivity index (χ1) is 12.3. The number of thioether (sulfide) groups is 1. The van der Waals surface area contributed by atoms with E-state index in [0.717, 1.165) is 19.4 Å². The van der Waals surface area contributed by atoms with Crippen LogP contribution in [0.4, 0.5) is 0 Å². The maximum absolute atomic E-state index is 13.0. The molecule has 0 N–H and O–H groups in total. The van der Waals surface area contributed by atoms with Crippen LogP contribution in [0.5, 0.6) is 0 Å². The predicted molar refractivity (Wildman–Crippen MR) is 105 cm³/mol. The van der Waals surface area contributed by atoms with Crippen LogP contribution in [-0.2, 0) is 16.1 Å². The van der Waals surface area contributed by atoms with Crippen LogP contribution in [0.1, 0.15) is 33.6 Å². The van der Waals surface area contributed by atoms with Crippen molar-refractivity contribution in [3.05, 3.63) is 33.6 Å². The first kappa shape index (κ1) is 19.4. The van der Waals surface area contributed by atoms with Crippen LogP contribution >= 0.6 is 23.4 Å². The molecule has 0 aliphatic carbocycles. The van der Waals surface area contributed by atoms with Gasteiger partial charge in [0.05, 0.1) is 29.3 Å². The monoisotopic (exact) mass is 394 g/mol. The minimum Gasteiger partial charge on any atom is -0.376 e. The molecule has 0 amide bonds. The van der Waals surface area contributed by atoms with Gasteiger partial charge in [0.1, 0.15) is 5.78 Å². The first-order valence-electron chi connectivity index (χ1n) is 8.73. The fraction of sp³-hybridized carbons (Fsp3) is 0.526. The highest BCUT2D eigenvalue weighted by Crippen LogP contribution is 2.25. The molecule has 1 aromatic carbocycles. The van der Waals surface area contributed by atoms with Gasteiger partial charge in [-0.25, -0.2) is 4.98 Å². The van der Waals surface area contributed by atoms with Gasteiger partial charge < -0.3 is 4.74 Å². The van der Waals surface area contributed by atoms with Gasteiger partial charge in [0.2, 0.25) is 0 Å². The van der Waals surface area contributed by atoms with Crippen LogP contribution in [-0.4, -0.2) is 33.8 Å². The second kappa shape index (κ2) is 7.71. The molecule has 140 valence electrons. The third-order valence-electron chi connectivity index (χ3n) is 4.46. The molecule has 1 aromatic heterocycles. The van der Waals surface area contributed by atoms with Crippen LogP contribution in [0.25, 0.3) is 10.9 Å². The maximum Gasteiger partial charge on any atom is 0.262 e. The van der Waals surface area contributed by atoms with E-state index in [4.69, 9.17) is 16.3 Å². The number of carbonyl (C=O) groups excluding carboxylic acids is 1. The van der Waals surface area contributed by atoms with E-state index in [-0.39, 0.29) is 23.2 Å². The molecule has 0 saturated carbocycles. The molecule has 0 bridgehead atoms. The molecular formula is C19H23ClN2O3S. The van der Waals surface area contributed by atoms with Crippen molar-refractivity contribution in [2.24, 2.45) is 5.41 Å². The second-order valence-electron chi connectivity index (χ2n) is 7.57. The predicted octanol–water partition coefficient (Wildman–Crippen LogP) is 3.94. The van der Waals surface area contributed by atoms with E-state index in [0.29, 0.717) is 27.6 Å². The van der Waals surface area contributed by atoms with Crippen molar-refractivity contribution >= 4 is 40.0 Å². The van der Waals surface area contributed by atoms with Gasteiger partial charge in [-0.1, -0.05) is 44.1 Å². The Morgan fingerprint density at radius 1 is 1.42 bits per heavy atom. The van der Waals surface area contributed by atoms with Crippen LogP contribution in [0, 0.1) is 5.41 Å². The summed E-state index contributed by atoms with van der Waals surface area (Å²) in [5.74, 6) is 0.389. The Balaban J connectivity index is 1.99. The zero-order valence-corrected chi connectivity index (χ0v) is 16.8. The van der Waals surface area contributed by atoms with Crippen molar-refractivity contribution in [3.8, 4) is 0 Å². The van der Waals surface area contributed by atoms with Crippen LogP contribution in [0.2, 0.25) is 5.02 Å². The molecule has 0 radical (unpaired) electrons. The second-order valence-corrected chi connectivity index (χ2v) is 8.95. The van der Waals surface area contributed by atoms with E-state index in [1.165, 1.54) is 11.8 Å². The molecule has 3 rings (SSSR count). The Labute approximate surface area is 162 Å². The van der Waals surface area contributed by atoms with Gasteiger partial charge in [-0.2, -0.15) is 0 Å². The smallest absolute Gasteiger partial charge is 0.262 e. The summed E-state index contributed by atoms with van der Waals surface area (Å²) in [5.41, 5.74) is 0.0111. The summed E-state index contributed by atoms with van der Waals surface area (Å²) in [6.07, 6.45) is 1.94. The topological polar surface area (TPSA) is 61.2 Å². The summed E-state index contributed by atoms with van der Waals surface area (Å²) in [7, 11) is 0. The molecule has 0 unspecified atom stereocenters. The number of ether oxygens (including phenoxy) is 1. The Morgan fingerprint density at radius 3 is 2.85 bits per heavy atom. The Hall–Kier alpha value is -1.37. The van der Waals surface area contributed by atoms with Crippen molar-refractivity contribution in [1.29, 1.82) is 0 Å². The van der Waals surface area contributed by atoms with Gasteiger partial charge in [-0.3, -0.25) is 14.2 Å². The standard InChI is InChI=1S/C19H23ClN2O3S/c1-19(2,3)16(23)11-26-18-21-15-9-12(20)6-7-14(15)17(24)22(18)10-13-5-4-8-25-13/h6-7,9,13H,4-5,8,10-11H2,1-3H3/t13-/m1/s1. The molecule has 1 saturated heterocycles. The quantitative estimate of drug-likeness (QED) is 0.567. The number of benzene rings is 1. The maximum atomic E-state index is 13.0. The largest absolute Gasteiger partial charge is 0.376 e. The van der Waals surface area contributed by atoms with Crippen molar-refractivity contribution in [3.63, 3.8) is 0 Å². The molecule has 1 aliphatic heterocycles. The van der Waals surface area contributed by atoms with Gasteiger partial charge in [-0.15, -0.1) is 0 Å². The van der Waals surface area contributed by atoms with Crippen LogP contribution < -0.4 is 5.56 Å². The average molecular weight is 395 g/mol. The van der Waals surface area contributed by atoms with Crippen molar-refractivity contribution in [1.82, 2.24) is 9.55 Å². The van der Waals surface area contributed by atoms with Gasteiger partial charge in [-0.05, 0) is 31.0 Å². The summed E-state index contributed by atoms with van der Waals surface area (Å²) in [6, 6.07) is 5.08. The number of rotatable bonds is 5. The number of fused-ring (bicyclic) bond motifs is 1. The summed E-state index contributed by atoms with van der Waals surface area (Å²) in [6.45, 7) is 6.85. The fourth-order valence-corrected chi connectivity index (χ4v) is 4.12. The summed E-state index contributed by atoms with van der Waals surface area (Å²) in [5, 5.41) is 1.60. The molecule has 1 atom stereocenters. The Kier molecular flexibility index (Phi) is 5.75. The van der Waals surface area contributed by atoms with Gasteiger partial charge >= 0.3 is 0 Å². The number of aromatic nitrogens is 2. The Bertz CT molecular complexity index is 883. The minimum atomic E-state index is -0.424.